The summed E-state index contributed by atoms with van der Waals surface area (Å²) in [6.45, 7) is 9.87. The number of phenols is 1. The molecular formula is C34H39NO7S. The van der Waals surface area contributed by atoms with Crippen LogP contribution in [0.2, 0.25) is 0 Å². The molecule has 1 aliphatic heterocycles. The van der Waals surface area contributed by atoms with E-state index in [0.717, 1.165) is 0 Å². The molecule has 1 heterocycles. The highest BCUT2D eigenvalue weighted by Crippen LogP contribution is 2.42. The predicted molar refractivity (Wildman–Crippen MR) is 166 cm³/mol. The van der Waals surface area contributed by atoms with E-state index in [1.54, 1.807) is 73.7 Å². The van der Waals surface area contributed by atoms with Gasteiger partial charge < -0.3 is 14.6 Å². The second kappa shape index (κ2) is 12.7. The Morgan fingerprint density at radius 1 is 0.837 bits per heavy atom. The van der Waals surface area contributed by atoms with Crippen LogP contribution in [0.4, 0.5) is 0 Å². The van der Waals surface area contributed by atoms with Crippen molar-refractivity contribution in [2.24, 2.45) is 0 Å². The number of aromatic hydroxyl groups is 1. The Hall–Kier alpha value is -3.95. The third-order valence-corrected chi connectivity index (χ3v) is 9.80. The molecule has 0 unspecified atom stereocenters. The fourth-order valence-electron chi connectivity index (χ4n) is 5.04. The largest absolute Gasteiger partial charge is 0.507 e. The quantitative estimate of drug-likeness (QED) is 0.280. The molecular weight excluding hydrogens is 566 g/mol. The first-order valence-electron chi connectivity index (χ1n) is 14.3. The molecule has 0 aliphatic carbocycles. The van der Waals surface area contributed by atoms with Gasteiger partial charge >= 0.3 is 11.9 Å². The van der Waals surface area contributed by atoms with E-state index in [2.05, 4.69) is 0 Å². The van der Waals surface area contributed by atoms with Crippen LogP contribution >= 0.6 is 0 Å². The van der Waals surface area contributed by atoms with Gasteiger partial charge in [0, 0.05) is 35.0 Å². The van der Waals surface area contributed by atoms with Crippen molar-refractivity contribution in [3.8, 4) is 5.75 Å². The van der Waals surface area contributed by atoms with Gasteiger partial charge in [-0.1, -0.05) is 71.0 Å². The predicted octanol–water partition coefficient (Wildman–Crippen LogP) is 6.06. The summed E-state index contributed by atoms with van der Waals surface area (Å²) in [6, 6.07) is 20.7. The summed E-state index contributed by atoms with van der Waals surface area (Å²) in [6.07, 6.45) is 2.01. The Morgan fingerprint density at radius 2 is 1.28 bits per heavy atom. The number of carbonyl (C=O) groups excluding carboxylic acids is 2. The first kappa shape index (κ1) is 32.0. The zero-order valence-electron chi connectivity index (χ0n) is 25.3. The van der Waals surface area contributed by atoms with E-state index in [9.17, 15) is 23.1 Å². The molecule has 1 aliphatic rings. The fourth-order valence-corrected chi connectivity index (χ4v) is 6.68. The molecule has 1 N–H and O–H groups in total. The van der Waals surface area contributed by atoms with Crippen molar-refractivity contribution in [2.45, 2.75) is 51.9 Å². The van der Waals surface area contributed by atoms with Crippen LogP contribution in [-0.2, 0) is 30.3 Å². The Balaban J connectivity index is 1.72. The van der Waals surface area contributed by atoms with Gasteiger partial charge in [0.05, 0.1) is 16.0 Å². The normalized spacial score (nSPS) is 16.3. The summed E-state index contributed by atoms with van der Waals surface area (Å²) < 4.78 is 38.9. The standard InChI is InChI=1S/C34H39NO7S/c1-6-35-18-17-27(43(35,39)40)19-24-20-28(33(2,3)22-41-31(37)25-13-9-7-10-14-25)30(36)29(21-24)34(4,5)23-42-32(38)26-15-11-8-12-16-26/h7-16,19-21,36H,6,17-18,22-23H2,1-5H3. The van der Waals surface area contributed by atoms with Crippen LogP contribution in [0.15, 0.2) is 77.7 Å². The van der Waals surface area contributed by atoms with E-state index in [1.165, 1.54) is 4.31 Å². The van der Waals surface area contributed by atoms with E-state index in [4.69, 9.17) is 9.47 Å². The van der Waals surface area contributed by atoms with E-state index >= 15 is 0 Å². The molecule has 1 fully saturated rings. The number of benzene rings is 3. The van der Waals surface area contributed by atoms with Crippen molar-refractivity contribution >= 4 is 28.0 Å². The van der Waals surface area contributed by atoms with Crippen LogP contribution in [0.5, 0.6) is 5.75 Å². The summed E-state index contributed by atoms with van der Waals surface area (Å²) in [5.74, 6) is -1.01. The fraction of sp³-hybridized carbons (Fsp3) is 0.353. The maximum atomic E-state index is 13.1. The van der Waals surface area contributed by atoms with Gasteiger partial charge in [0.15, 0.2) is 0 Å². The summed E-state index contributed by atoms with van der Waals surface area (Å²) in [5.41, 5.74) is 0.622. The summed E-state index contributed by atoms with van der Waals surface area (Å²) >= 11 is 0. The van der Waals surface area contributed by atoms with Gasteiger partial charge in [-0.2, -0.15) is 4.31 Å². The van der Waals surface area contributed by atoms with Crippen molar-refractivity contribution in [3.05, 3.63) is 106 Å². The minimum Gasteiger partial charge on any atom is -0.507 e. The number of nitrogens with zero attached hydrogens (tertiary/aromatic N) is 1. The van der Waals surface area contributed by atoms with Crippen LogP contribution < -0.4 is 0 Å². The van der Waals surface area contributed by atoms with Crippen molar-refractivity contribution in [2.75, 3.05) is 26.3 Å². The van der Waals surface area contributed by atoms with Crippen molar-refractivity contribution < 1.29 is 32.6 Å². The maximum absolute atomic E-state index is 13.1. The lowest BCUT2D eigenvalue weighted by atomic mass is 9.77. The highest BCUT2D eigenvalue weighted by atomic mass is 32.2. The molecule has 0 atom stereocenters. The molecule has 9 heteroatoms. The van der Waals surface area contributed by atoms with Gasteiger partial charge in [-0.15, -0.1) is 0 Å². The maximum Gasteiger partial charge on any atom is 0.338 e. The second-order valence-corrected chi connectivity index (χ2v) is 14.0. The Bertz CT molecular complexity index is 1520. The third-order valence-electron chi connectivity index (χ3n) is 7.70. The number of ether oxygens (including phenoxy) is 2. The van der Waals surface area contributed by atoms with Gasteiger partial charge in [-0.25, -0.2) is 18.0 Å². The Kier molecular flexibility index (Phi) is 9.47. The number of carbonyl (C=O) groups is 2. The number of rotatable bonds is 10. The molecule has 8 nitrogen and oxygen atoms in total. The molecule has 4 rings (SSSR count). The summed E-state index contributed by atoms with van der Waals surface area (Å²) in [4.78, 5) is 25.7. The SMILES string of the molecule is CCN1CCC(=Cc2cc(C(C)(C)COC(=O)c3ccccc3)c(O)c(C(C)(C)COC(=O)c3ccccc3)c2)S1(=O)=O. The number of esters is 2. The van der Waals surface area contributed by atoms with Gasteiger partial charge in [0.2, 0.25) is 10.0 Å². The number of sulfonamides is 1. The van der Waals surface area contributed by atoms with Crippen molar-refractivity contribution in [1.29, 1.82) is 0 Å². The monoisotopic (exact) mass is 605 g/mol. The van der Waals surface area contributed by atoms with Crippen LogP contribution in [0, 0.1) is 0 Å². The molecule has 43 heavy (non-hydrogen) atoms. The Morgan fingerprint density at radius 3 is 1.67 bits per heavy atom. The van der Waals surface area contributed by atoms with Gasteiger partial charge in [-0.05, 0) is 54.5 Å². The van der Waals surface area contributed by atoms with Gasteiger partial charge in [0.25, 0.3) is 0 Å². The topological polar surface area (TPSA) is 110 Å². The lowest BCUT2D eigenvalue weighted by Gasteiger charge is -2.31. The minimum atomic E-state index is -3.59. The zero-order chi connectivity index (χ0) is 31.4. The molecule has 3 aromatic carbocycles. The molecule has 0 spiro atoms. The van der Waals surface area contributed by atoms with E-state index < -0.39 is 32.8 Å². The number of hydrogen-bond acceptors (Lipinski definition) is 7. The van der Waals surface area contributed by atoms with Gasteiger partial charge in [0.1, 0.15) is 19.0 Å². The van der Waals surface area contributed by atoms with Crippen LogP contribution in [0.25, 0.3) is 6.08 Å². The van der Waals surface area contributed by atoms with Crippen molar-refractivity contribution in [3.63, 3.8) is 0 Å². The first-order chi connectivity index (χ1) is 20.3. The van der Waals surface area contributed by atoms with E-state index in [0.29, 0.717) is 52.2 Å². The average Bonchev–Trinajstić information content (AvgIpc) is 3.28. The summed E-state index contributed by atoms with van der Waals surface area (Å²) in [5, 5.41) is 11.7. The molecule has 0 amide bonds. The molecule has 0 saturated carbocycles. The highest BCUT2D eigenvalue weighted by molar-refractivity contribution is 7.93. The number of hydrogen-bond donors (Lipinski definition) is 1. The summed E-state index contributed by atoms with van der Waals surface area (Å²) in [7, 11) is -3.59. The lowest BCUT2D eigenvalue weighted by Crippen LogP contribution is -2.30. The van der Waals surface area contributed by atoms with Crippen LogP contribution in [0.3, 0.4) is 0 Å². The average molecular weight is 606 g/mol. The third kappa shape index (κ3) is 7.17. The number of phenolic OH excluding ortho intramolecular Hbond substituents is 1. The van der Waals surface area contributed by atoms with Crippen LogP contribution in [0.1, 0.15) is 78.4 Å². The zero-order valence-corrected chi connectivity index (χ0v) is 26.1. The highest BCUT2D eigenvalue weighted by Gasteiger charge is 2.35. The Labute approximate surface area is 254 Å². The molecule has 0 bridgehead atoms. The molecule has 0 aromatic heterocycles. The van der Waals surface area contributed by atoms with E-state index in [-0.39, 0.29) is 19.0 Å². The molecule has 228 valence electrons. The van der Waals surface area contributed by atoms with E-state index in [1.807, 2.05) is 39.8 Å². The van der Waals surface area contributed by atoms with Crippen LogP contribution in [-0.4, -0.2) is 56.1 Å². The first-order valence-corrected chi connectivity index (χ1v) is 15.7. The second-order valence-electron chi connectivity index (χ2n) is 12.0. The molecule has 0 radical (unpaired) electrons. The lowest BCUT2D eigenvalue weighted by molar-refractivity contribution is 0.0424. The molecule has 1 saturated heterocycles. The van der Waals surface area contributed by atoms with Gasteiger partial charge in [-0.3, -0.25) is 0 Å². The smallest absolute Gasteiger partial charge is 0.338 e. The molecule has 3 aromatic rings. The minimum absolute atomic E-state index is 0.0341. The van der Waals surface area contributed by atoms with Crippen molar-refractivity contribution in [1.82, 2.24) is 4.31 Å².